The Morgan fingerprint density at radius 2 is 1.84 bits per heavy atom. The zero-order chi connectivity index (χ0) is 18.0. The minimum Gasteiger partial charge on any atom is -0.333 e. The molecule has 3 rings (SSSR count). The van der Waals surface area contributed by atoms with Crippen molar-refractivity contribution in [3.8, 4) is 0 Å². The lowest BCUT2D eigenvalue weighted by Gasteiger charge is -2.36. The number of halogens is 2. The summed E-state index contributed by atoms with van der Waals surface area (Å²) in [5, 5.41) is 4.36. The third-order valence-electron chi connectivity index (χ3n) is 4.76. The van der Waals surface area contributed by atoms with Gasteiger partial charge < -0.3 is 10.2 Å². The van der Waals surface area contributed by atoms with Gasteiger partial charge in [0, 0.05) is 41.3 Å². The number of amides is 1. The summed E-state index contributed by atoms with van der Waals surface area (Å²) in [5.41, 5.74) is 4.36. The second-order valence-corrected chi connectivity index (χ2v) is 7.51. The fraction of sp³-hybridized carbons (Fsp3) is 0.350. The summed E-state index contributed by atoms with van der Waals surface area (Å²) in [6.07, 6.45) is 0.828. The minimum atomic E-state index is -0.0141. The van der Waals surface area contributed by atoms with Crippen LogP contribution in [0.3, 0.4) is 0 Å². The Balaban J connectivity index is 1.82. The fourth-order valence-electron chi connectivity index (χ4n) is 3.26. The number of benzene rings is 2. The van der Waals surface area contributed by atoms with Gasteiger partial charge in [-0.2, -0.15) is 0 Å². The van der Waals surface area contributed by atoms with Crippen molar-refractivity contribution in [2.75, 3.05) is 19.6 Å². The second kappa shape index (κ2) is 7.77. The quantitative estimate of drug-likeness (QED) is 0.867. The van der Waals surface area contributed by atoms with Crippen LogP contribution in [0.1, 0.15) is 27.0 Å². The van der Waals surface area contributed by atoms with Gasteiger partial charge in [0.25, 0.3) is 5.91 Å². The van der Waals surface area contributed by atoms with Crippen molar-refractivity contribution in [2.45, 2.75) is 26.3 Å². The van der Waals surface area contributed by atoms with Crippen molar-refractivity contribution in [2.24, 2.45) is 0 Å². The van der Waals surface area contributed by atoms with Gasteiger partial charge in [0.1, 0.15) is 0 Å². The van der Waals surface area contributed by atoms with Gasteiger partial charge in [-0.05, 0) is 55.2 Å². The SMILES string of the molecule is Cc1ccc(CC2CNCCN2C(=O)c2cc(Cl)cc(Cl)c2)cc1C. The Hall–Kier alpha value is -1.55. The maximum Gasteiger partial charge on any atom is 0.254 e. The zero-order valence-corrected chi connectivity index (χ0v) is 16.0. The summed E-state index contributed by atoms with van der Waals surface area (Å²) >= 11 is 12.1. The topological polar surface area (TPSA) is 32.3 Å². The molecule has 1 fully saturated rings. The lowest BCUT2D eigenvalue weighted by molar-refractivity contribution is 0.0636. The molecule has 0 bridgehead atoms. The second-order valence-electron chi connectivity index (χ2n) is 6.64. The first-order valence-corrected chi connectivity index (χ1v) is 9.23. The molecule has 1 aliphatic heterocycles. The Kier molecular flexibility index (Phi) is 5.67. The van der Waals surface area contributed by atoms with Gasteiger partial charge in [0.05, 0.1) is 0 Å². The van der Waals surface area contributed by atoms with Crippen LogP contribution in [0.15, 0.2) is 36.4 Å². The number of carbonyl (C=O) groups is 1. The molecule has 3 nitrogen and oxygen atoms in total. The lowest BCUT2D eigenvalue weighted by atomic mass is 9.98. The molecule has 0 saturated carbocycles. The first-order valence-electron chi connectivity index (χ1n) is 8.48. The van der Waals surface area contributed by atoms with Gasteiger partial charge in [-0.1, -0.05) is 41.4 Å². The van der Waals surface area contributed by atoms with Crippen molar-refractivity contribution >= 4 is 29.1 Å². The summed E-state index contributed by atoms with van der Waals surface area (Å²) in [5.74, 6) is -0.0141. The molecule has 1 saturated heterocycles. The van der Waals surface area contributed by atoms with Crippen LogP contribution in [0.4, 0.5) is 0 Å². The van der Waals surface area contributed by atoms with Crippen LogP contribution in [0, 0.1) is 13.8 Å². The average Bonchev–Trinajstić information content (AvgIpc) is 2.57. The van der Waals surface area contributed by atoms with Gasteiger partial charge in [0.15, 0.2) is 0 Å². The number of aryl methyl sites for hydroxylation is 2. The summed E-state index contributed by atoms with van der Waals surface area (Å²) in [4.78, 5) is 14.9. The maximum absolute atomic E-state index is 13.0. The van der Waals surface area contributed by atoms with E-state index < -0.39 is 0 Å². The number of rotatable bonds is 3. The van der Waals surface area contributed by atoms with Crippen molar-refractivity contribution in [3.05, 3.63) is 68.7 Å². The first kappa shape index (κ1) is 18.2. The monoisotopic (exact) mass is 376 g/mol. The lowest BCUT2D eigenvalue weighted by Crippen LogP contribution is -2.54. The molecule has 1 N–H and O–H groups in total. The van der Waals surface area contributed by atoms with E-state index in [4.69, 9.17) is 23.2 Å². The highest BCUT2D eigenvalue weighted by atomic mass is 35.5. The van der Waals surface area contributed by atoms with Crippen molar-refractivity contribution in [3.63, 3.8) is 0 Å². The Labute approximate surface area is 158 Å². The van der Waals surface area contributed by atoms with Crippen LogP contribution in [0.25, 0.3) is 0 Å². The van der Waals surface area contributed by atoms with E-state index in [0.717, 1.165) is 19.5 Å². The highest BCUT2D eigenvalue weighted by Gasteiger charge is 2.28. The van der Waals surface area contributed by atoms with E-state index in [0.29, 0.717) is 22.2 Å². The molecule has 1 aliphatic rings. The summed E-state index contributed by atoms with van der Waals surface area (Å²) in [6.45, 7) is 6.49. The van der Waals surface area contributed by atoms with Crippen LogP contribution >= 0.6 is 23.2 Å². The van der Waals surface area contributed by atoms with E-state index >= 15 is 0 Å². The number of hydrogen-bond acceptors (Lipinski definition) is 2. The number of piperazine rings is 1. The van der Waals surface area contributed by atoms with E-state index in [9.17, 15) is 4.79 Å². The molecule has 5 heteroatoms. The third-order valence-corrected chi connectivity index (χ3v) is 5.20. The summed E-state index contributed by atoms with van der Waals surface area (Å²) in [6, 6.07) is 11.6. The van der Waals surface area contributed by atoms with Crippen molar-refractivity contribution in [1.82, 2.24) is 10.2 Å². The van der Waals surface area contributed by atoms with Gasteiger partial charge in [-0.15, -0.1) is 0 Å². The van der Waals surface area contributed by atoms with E-state index in [2.05, 4.69) is 37.4 Å². The Morgan fingerprint density at radius 3 is 2.52 bits per heavy atom. The summed E-state index contributed by atoms with van der Waals surface area (Å²) < 4.78 is 0. The fourth-order valence-corrected chi connectivity index (χ4v) is 3.78. The third kappa shape index (κ3) is 4.35. The van der Waals surface area contributed by atoms with Crippen LogP contribution < -0.4 is 5.32 Å². The van der Waals surface area contributed by atoms with Crippen molar-refractivity contribution < 1.29 is 4.79 Å². The van der Waals surface area contributed by atoms with Crippen LogP contribution in [0.5, 0.6) is 0 Å². The predicted molar refractivity (Wildman–Crippen MR) is 104 cm³/mol. The van der Waals surface area contributed by atoms with Crippen LogP contribution in [-0.4, -0.2) is 36.5 Å². The molecule has 1 unspecified atom stereocenters. The maximum atomic E-state index is 13.0. The first-order chi connectivity index (χ1) is 11.9. The largest absolute Gasteiger partial charge is 0.333 e. The standard InChI is InChI=1S/C20H22Cl2N2O/c1-13-3-4-15(7-14(13)2)8-19-12-23-5-6-24(19)20(25)16-9-17(21)11-18(22)10-16/h3-4,7,9-11,19,23H,5-6,8,12H2,1-2H3. The number of hydrogen-bond donors (Lipinski definition) is 1. The molecule has 0 aliphatic carbocycles. The normalized spacial score (nSPS) is 17.6. The minimum absolute atomic E-state index is 0.0141. The molecule has 25 heavy (non-hydrogen) atoms. The molecule has 1 heterocycles. The molecule has 2 aromatic rings. The highest BCUT2D eigenvalue weighted by Crippen LogP contribution is 2.22. The molecule has 1 amide bonds. The predicted octanol–water partition coefficient (Wildman–Crippen LogP) is 4.27. The highest BCUT2D eigenvalue weighted by molar-refractivity contribution is 6.35. The zero-order valence-electron chi connectivity index (χ0n) is 14.5. The van der Waals surface area contributed by atoms with Crippen molar-refractivity contribution in [1.29, 1.82) is 0 Å². The van der Waals surface area contributed by atoms with Gasteiger partial charge >= 0.3 is 0 Å². The number of nitrogens with one attached hydrogen (secondary N) is 1. The molecule has 2 aromatic carbocycles. The van der Waals surface area contributed by atoms with Gasteiger partial charge in [0.2, 0.25) is 0 Å². The van der Waals surface area contributed by atoms with E-state index in [1.54, 1.807) is 18.2 Å². The summed E-state index contributed by atoms with van der Waals surface area (Å²) in [7, 11) is 0. The molecular weight excluding hydrogens is 355 g/mol. The molecule has 132 valence electrons. The van der Waals surface area contributed by atoms with Gasteiger partial charge in [-0.3, -0.25) is 4.79 Å². The molecule has 1 atom stereocenters. The molecular formula is C20H22Cl2N2O. The average molecular weight is 377 g/mol. The molecule has 0 aromatic heterocycles. The number of nitrogens with zero attached hydrogens (tertiary/aromatic N) is 1. The van der Waals surface area contributed by atoms with E-state index in [1.807, 2.05) is 4.90 Å². The van der Waals surface area contributed by atoms with Crippen LogP contribution in [-0.2, 0) is 6.42 Å². The van der Waals surface area contributed by atoms with Crippen LogP contribution in [0.2, 0.25) is 10.0 Å². The van der Waals surface area contributed by atoms with Gasteiger partial charge in [-0.25, -0.2) is 0 Å². The Bertz CT molecular complexity index is 771. The van der Waals surface area contributed by atoms with E-state index in [1.165, 1.54) is 16.7 Å². The molecule has 0 spiro atoms. The van der Waals surface area contributed by atoms with E-state index in [-0.39, 0.29) is 11.9 Å². The Morgan fingerprint density at radius 1 is 1.12 bits per heavy atom. The smallest absolute Gasteiger partial charge is 0.254 e. The number of carbonyl (C=O) groups excluding carboxylic acids is 1. The molecule has 0 radical (unpaired) electrons.